The van der Waals surface area contributed by atoms with Gasteiger partial charge in [0.1, 0.15) is 0 Å². The predicted molar refractivity (Wildman–Crippen MR) is 86.0 cm³/mol. The second kappa shape index (κ2) is 7.26. The molecule has 2 rings (SSSR count). The summed E-state index contributed by atoms with van der Waals surface area (Å²) in [7, 11) is 0. The van der Waals surface area contributed by atoms with E-state index in [4.69, 9.17) is 4.74 Å². The molecule has 2 fully saturated rings. The van der Waals surface area contributed by atoms with E-state index in [0.29, 0.717) is 6.10 Å². The van der Waals surface area contributed by atoms with Crippen molar-refractivity contribution >= 4 is 0 Å². The van der Waals surface area contributed by atoms with Crippen LogP contribution in [0.3, 0.4) is 0 Å². The van der Waals surface area contributed by atoms with Crippen molar-refractivity contribution in [2.24, 2.45) is 11.8 Å². The van der Waals surface area contributed by atoms with Crippen LogP contribution in [0.1, 0.15) is 79.1 Å². The number of rotatable bonds is 8. The molecule has 2 nitrogen and oxygen atoms in total. The normalized spacial score (nSPS) is 32.5. The summed E-state index contributed by atoms with van der Waals surface area (Å²) in [6.07, 6.45) is 10.8. The minimum Gasteiger partial charge on any atom is -0.371 e. The van der Waals surface area contributed by atoms with E-state index in [1.807, 2.05) is 0 Å². The van der Waals surface area contributed by atoms with Crippen molar-refractivity contribution < 1.29 is 4.74 Å². The third-order valence-electron chi connectivity index (χ3n) is 5.32. The molecule has 0 spiro atoms. The minimum absolute atomic E-state index is 0.128. The zero-order valence-electron chi connectivity index (χ0n) is 14.1. The number of nitrogens with one attached hydrogen (secondary N) is 1. The highest BCUT2D eigenvalue weighted by Gasteiger charge is 2.39. The van der Waals surface area contributed by atoms with E-state index in [2.05, 4.69) is 33.0 Å². The Morgan fingerprint density at radius 3 is 2.25 bits per heavy atom. The highest BCUT2D eigenvalue weighted by Crippen LogP contribution is 2.39. The van der Waals surface area contributed by atoms with Crippen LogP contribution in [0.2, 0.25) is 0 Å². The fraction of sp³-hybridized carbons (Fsp3) is 1.00. The van der Waals surface area contributed by atoms with Crippen molar-refractivity contribution in [2.75, 3.05) is 6.54 Å². The van der Waals surface area contributed by atoms with Crippen molar-refractivity contribution in [3.63, 3.8) is 0 Å². The van der Waals surface area contributed by atoms with Crippen LogP contribution in [0, 0.1) is 11.8 Å². The van der Waals surface area contributed by atoms with Gasteiger partial charge in [-0.1, -0.05) is 27.2 Å². The molecule has 2 aliphatic carbocycles. The zero-order valence-corrected chi connectivity index (χ0v) is 14.1. The average molecular weight is 281 g/mol. The van der Waals surface area contributed by atoms with E-state index in [1.165, 1.54) is 51.4 Å². The van der Waals surface area contributed by atoms with Crippen molar-refractivity contribution in [3.05, 3.63) is 0 Å². The molecule has 0 aromatic rings. The molecule has 118 valence electrons. The zero-order chi connectivity index (χ0) is 14.6. The quantitative estimate of drug-likeness (QED) is 0.706. The van der Waals surface area contributed by atoms with Crippen molar-refractivity contribution in [1.82, 2.24) is 5.32 Å². The molecule has 0 saturated heterocycles. The van der Waals surface area contributed by atoms with Crippen LogP contribution in [-0.2, 0) is 4.74 Å². The molecule has 0 heterocycles. The topological polar surface area (TPSA) is 21.3 Å². The van der Waals surface area contributed by atoms with Gasteiger partial charge < -0.3 is 10.1 Å². The Morgan fingerprint density at radius 2 is 1.75 bits per heavy atom. The monoisotopic (exact) mass is 281 g/mol. The molecule has 0 bridgehead atoms. The van der Waals surface area contributed by atoms with Crippen LogP contribution in [-0.4, -0.2) is 24.3 Å². The van der Waals surface area contributed by atoms with Crippen molar-refractivity contribution in [2.45, 2.75) is 96.8 Å². The van der Waals surface area contributed by atoms with Gasteiger partial charge in [0.05, 0.1) is 11.7 Å². The molecule has 0 aromatic heterocycles. The fourth-order valence-electron chi connectivity index (χ4n) is 3.68. The highest BCUT2D eigenvalue weighted by molar-refractivity contribution is 4.93. The fourth-order valence-corrected chi connectivity index (χ4v) is 3.68. The van der Waals surface area contributed by atoms with Crippen LogP contribution >= 0.6 is 0 Å². The van der Waals surface area contributed by atoms with Crippen LogP contribution in [0.4, 0.5) is 0 Å². The maximum Gasteiger partial charge on any atom is 0.0810 e. The second-order valence-electron chi connectivity index (χ2n) is 7.64. The van der Waals surface area contributed by atoms with E-state index < -0.39 is 0 Å². The van der Waals surface area contributed by atoms with Gasteiger partial charge >= 0.3 is 0 Å². The van der Waals surface area contributed by atoms with Gasteiger partial charge in [-0.3, -0.25) is 0 Å². The minimum atomic E-state index is 0.128. The standard InChI is InChI=1S/C18H35NO/c1-5-6-15(4)20-18(13-19-17-7-8-17)11-9-16(10-12-18)14(2)3/h14-17,19H,5-13H2,1-4H3. The lowest BCUT2D eigenvalue weighted by Crippen LogP contribution is -2.48. The number of ether oxygens (including phenoxy) is 1. The first kappa shape index (κ1) is 16.3. The third kappa shape index (κ3) is 4.73. The lowest BCUT2D eigenvalue weighted by atomic mass is 9.74. The van der Waals surface area contributed by atoms with Crippen LogP contribution in [0.25, 0.3) is 0 Å². The van der Waals surface area contributed by atoms with E-state index in [0.717, 1.165) is 24.4 Å². The summed E-state index contributed by atoms with van der Waals surface area (Å²) in [4.78, 5) is 0. The smallest absolute Gasteiger partial charge is 0.0810 e. The predicted octanol–water partition coefficient (Wildman–Crippen LogP) is 4.53. The van der Waals surface area contributed by atoms with Crippen LogP contribution in [0.5, 0.6) is 0 Å². The maximum atomic E-state index is 6.56. The van der Waals surface area contributed by atoms with Crippen LogP contribution < -0.4 is 5.32 Å². The second-order valence-corrected chi connectivity index (χ2v) is 7.64. The Balaban J connectivity index is 1.89. The molecule has 0 aliphatic heterocycles. The van der Waals surface area contributed by atoms with E-state index in [1.54, 1.807) is 0 Å². The number of hydrogen-bond donors (Lipinski definition) is 1. The number of hydrogen-bond acceptors (Lipinski definition) is 2. The van der Waals surface area contributed by atoms with Gasteiger partial charge in [0, 0.05) is 12.6 Å². The molecule has 2 heteroatoms. The summed E-state index contributed by atoms with van der Waals surface area (Å²) in [5.74, 6) is 1.74. The van der Waals surface area contributed by atoms with Gasteiger partial charge in [-0.25, -0.2) is 0 Å². The van der Waals surface area contributed by atoms with Gasteiger partial charge in [-0.05, 0) is 63.7 Å². The molecule has 1 unspecified atom stereocenters. The molecule has 0 aromatic carbocycles. The van der Waals surface area contributed by atoms with Gasteiger partial charge in [0.2, 0.25) is 0 Å². The molecule has 0 radical (unpaired) electrons. The molecule has 2 saturated carbocycles. The summed E-state index contributed by atoms with van der Waals surface area (Å²) >= 11 is 0. The van der Waals surface area contributed by atoms with Gasteiger partial charge in [0.25, 0.3) is 0 Å². The van der Waals surface area contributed by atoms with Crippen molar-refractivity contribution in [3.8, 4) is 0 Å². The van der Waals surface area contributed by atoms with Crippen molar-refractivity contribution in [1.29, 1.82) is 0 Å². The molecule has 1 N–H and O–H groups in total. The Morgan fingerprint density at radius 1 is 1.10 bits per heavy atom. The molecule has 0 amide bonds. The van der Waals surface area contributed by atoms with Crippen LogP contribution in [0.15, 0.2) is 0 Å². The SMILES string of the molecule is CCCC(C)OC1(CNC2CC2)CCC(C(C)C)CC1. The first-order valence-electron chi connectivity index (χ1n) is 8.96. The Bertz CT molecular complexity index is 277. The lowest BCUT2D eigenvalue weighted by molar-refractivity contribution is -0.116. The molecule has 2 aliphatic rings. The summed E-state index contributed by atoms with van der Waals surface area (Å²) in [6, 6.07) is 0.791. The maximum absolute atomic E-state index is 6.56. The van der Waals surface area contributed by atoms with Gasteiger partial charge in [0.15, 0.2) is 0 Å². The molecular formula is C18H35NO. The highest BCUT2D eigenvalue weighted by atomic mass is 16.5. The van der Waals surface area contributed by atoms with E-state index >= 15 is 0 Å². The summed E-state index contributed by atoms with van der Waals surface area (Å²) < 4.78 is 6.56. The summed E-state index contributed by atoms with van der Waals surface area (Å²) in [5, 5.41) is 3.73. The van der Waals surface area contributed by atoms with Gasteiger partial charge in [-0.15, -0.1) is 0 Å². The lowest BCUT2D eigenvalue weighted by Gasteiger charge is -2.43. The molecular weight excluding hydrogens is 246 g/mol. The largest absolute Gasteiger partial charge is 0.371 e. The Labute approximate surface area is 126 Å². The van der Waals surface area contributed by atoms with E-state index in [9.17, 15) is 0 Å². The first-order valence-corrected chi connectivity index (χ1v) is 8.96. The summed E-state index contributed by atoms with van der Waals surface area (Å²) in [6.45, 7) is 10.3. The average Bonchev–Trinajstić information content (AvgIpc) is 3.21. The Hall–Kier alpha value is -0.0800. The Kier molecular flexibility index (Phi) is 5.92. The third-order valence-corrected chi connectivity index (χ3v) is 5.32. The summed E-state index contributed by atoms with van der Waals surface area (Å²) in [5.41, 5.74) is 0.128. The molecule has 20 heavy (non-hydrogen) atoms. The first-order chi connectivity index (χ1) is 9.54. The van der Waals surface area contributed by atoms with E-state index in [-0.39, 0.29) is 5.60 Å². The van der Waals surface area contributed by atoms with Gasteiger partial charge in [-0.2, -0.15) is 0 Å². The molecule has 1 atom stereocenters.